The normalized spacial score (nSPS) is 10.0. The van der Waals surface area contributed by atoms with E-state index in [1.165, 1.54) is 0 Å². The highest BCUT2D eigenvalue weighted by Gasteiger charge is 2.11. The lowest BCUT2D eigenvalue weighted by atomic mass is 10.1. The van der Waals surface area contributed by atoms with Crippen molar-refractivity contribution >= 4 is 11.8 Å². The van der Waals surface area contributed by atoms with Gasteiger partial charge in [0.15, 0.2) is 0 Å². The van der Waals surface area contributed by atoms with Crippen LogP contribution in [0.3, 0.4) is 0 Å². The molecule has 0 fully saturated rings. The minimum Gasteiger partial charge on any atom is -0.348 e. The molecule has 0 atom stereocenters. The van der Waals surface area contributed by atoms with E-state index in [2.05, 4.69) is 24.5 Å². The monoisotopic (exact) mass is 200 g/mol. The zero-order chi connectivity index (χ0) is 11.0. The molecule has 0 aliphatic carbocycles. The summed E-state index contributed by atoms with van der Waals surface area (Å²) < 4.78 is 0. The van der Waals surface area contributed by atoms with Gasteiger partial charge in [0.1, 0.15) is 0 Å². The first-order chi connectivity index (χ1) is 6.57. The summed E-state index contributed by atoms with van der Waals surface area (Å²) in [4.78, 5) is 22.2. The molecule has 0 aliphatic heterocycles. The fraction of sp³-hybridized carbons (Fsp3) is 0.800. The smallest absolute Gasteiger partial charge is 0.309 e. The topological polar surface area (TPSA) is 58.2 Å². The molecule has 0 aromatic rings. The van der Waals surface area contributed by atoms with Crippen LogP contribution in [0.5, 0.6) is 0 Å². The summed E-state index contributed by atoms with van der Waals surface area (Å²) in [5.41, 5.74) is 0. The molecule has 4 nitrogen and oxygen atoms in total. The van der Waals surface area contributed by atoms with Crippen molar-refractivity contribution in [2.75, 3.05) is 13.1 Å². The van der Waals surface area contributed by atoms with Gasteiger partial charge in [-0.05, 0) is 18.8 Å². The molecular formula is C10H20N2O2. The third-order valence-corrected chi connectivity index (χ3v) is 1.75. The molecule has 0 rings (SSSR count). The number of nitrogens with one attached hydrogen (secondary N) is 2. The van der Waals surface area contributed by atoms with Gasteiger partial charge in [0.05, 0.1) is 0 Å². The first kappa shape index (κ1) is 12.9. The summed E-state index contributed by atoms with van der Waals surface area (Å²) >= 11 is 0. The summed E-state index contributed by atoms with van der Waals surface area (Å²) in [7, 11) is 0. The van der Waals surface area contributed by atoms with Crippen molar-refractivity contribution < 1.29 is 9.59 Å². The van der Waals surface area contributed by atoms with Crippen LogP contribution in [0.1, 0.15) is 33.6 Å². The molecule has 0 radical (unpaired) electrons. The number of carbonyl (C=O) groups excluding carboxylic acids is 2. The van der Waals surface area contributed by atoms with Gasteiger partial charge in [-0.1, -0.05) is 20.8 Å². The molecule has 0 aromatic carbocycles. The van der Waals surface area contributed by atoms with Gasteiger partial charge in [-0.2, -0.15) is 0 Å². The number of hydrogen-bond acceptors (Lipinski definition) is 2. The van der Waals surface area contributed by atoms with Crippen molar-refractivity contribution in [2.45, 2.75) is 33.6 Å². The van der Waals surface area contributed by atoms with Crippen molar-refractivity contribution in [3.05, 3.63) is 0 Å². The lowest BCUT2D eigenvalue weighted by Gasteiger charge is -2.06. The van der Waals surface area contributed by atoms with Crippen LogP contribution in [0.25, 0.3) is 0 Å². The summed E-state index contributed by atoms with van der Waals surface area (Å²) in [6.45, 7) is 7.20. The van der Waals surface area contributed by atoms with Crippen LogP contribution in [0.2, 0.25) is 0 Å². The van der Waals surface area contributed by atoms with Gasteiger partial charge < -0.3 is 10.6 Å². The van der Waals surface area contributed by atoms with Gasteiger partial charge in [-0.25, -0.2) is 0 Å². The zero-order valence-electron chi connectivity index (χ0n) is 9.22. The van der Waals surface area contributed by atoms with Crippen molar-refractivity contribution in [1.82, 2.24) is 10.6 Å². The second kappa shape index (κ2) is 7.35. The largest absolute Gasteiger partial charge is 0.348 e. The Kier molecular flexibility index (Phi) is 6.80. The van der Waals surface area contributed by atoms with Crippen LogP contribution in [0, 0.1) is 5.92 Å². The number of amides is 2. The molecule has 0 saturated heterocycles. The Bertz CT molecular complexity index is 191. The summed E-state index contributed by atoms with van der Waals surface area (Å²) in [6, 6.07) is 0. The molecule has 0 heterocycles. The van der Waals surface area contributed by atoms with E-state index >= 15 is 0 Å². The fourth-order valence-electron chi connectivity index (χ4n) is 0.873. The van der Waals surface area contributed by atoms with E-state index in [4.69, 9.17) is 0 Å². The third-order valence-electron chi connectivity index (χ3n) is 1.75. The van der Waals surface area contributed by atoms with E-state index in [0.717, 1.165) is 12.8 Å². The third kappa shape index (κ3) is 6.46. The van der Waals surface area contributed by atoms with Gasteiger partial charge in [-0.3, -0.25) is 9.59 Å². The zero-order valence-corrected chi connectivity index (χ0v) is 9.22. The highest BCUT2D eigenvalue weighted by molar-refractivity contribution is 6.35. The Morgan fingerprint density at radius 3 is 2.00 bits per heavy atom. The van der Waals surface area contributed by atoms with Crippen LogP contribution in [-0.2, 0) is 9.59 Å². The molecule has 0 spiro atoms. The fourth-order valence-corrected chi connectivity index (χ4v) is 0.873. The van der Waals surface area contributed by atoms with Gasteiger partial charge in [-0.15, -0.1) is 0 Å². The van der Waals surface area contributed by atoms with E-state index in [1.54, 1.807) is 0 Å². The maximum absolute atomic E-state index is 11.1. The maximum Gasteiger partial charge on any atom is 0.309 e. The minimum atomic E-state index is -0.532. The van der Waals surface area contributed by atoms with Crippen LogP contribution in [-0.4, -0.2) is 24.9 Å². The number of carbonyl (C=O) groups is 2. The highest BCUT2D eigenvalue weighted by Crippen LogP contribution is 1.95. The minimum absolute atomic E-state index is 0.529. The predicted molar refractivity (Wildman–Crippen MR) is 55.8 cm³/mol. The molecule has 14 heavy (non-hydrogen) atoms. The maximum atomic E-state index is 11.1. The van der Waals surface area contributed by atoms with Gasteiger partial charge in [0, 0.05) is 13.1 Å². The summed E-state index contributed by atoms with van der Waals surface area (Å²) in [5, 5.41) is 5.09. The van der Waals surface area contributed by atoms with E-state index < -0.39 is 11.8 Å². The molecule has 82 valence electrons. The Balaban J connectivity index is 3.57. The van der Waals surface area contributed by atoms with Crippen LogP contribution in [0.4, 0.5) is 0 Å². The van der Waals surface area contributed by atoms with Crippen molar-refractivity contribution in [1.29, 1.82) is 0 Å². The molecule has 0 bridgehead atoms. The lowest BCUT2D eigenvalue weighted by Crippen LogP contribution is -2.40. The van der Waals surface area contributed by atoms with Gasteiger partial charge in [0.25, 0.3) is 0 Å². The standard InChI is InChI=1S/C10H20N2O2/c1-4-6-11-9(13)10(14)12-7-5-8(2)3/h8H,4-7H2,1-3H3,(H,11,13)(H,12,14). The second-order valence-electron chi connectivity index (χ2n) is 3.69. The Labute approximate surface area is 85.4 Å². The molecule has 2 amide bonds. The molecular weight excluding hydrogens is 180 g/mol. The number of hydrogen-bond donors (Lipinski definition) is 2. The van der Waals surface area contributed by atoms with E-state index in [9.17, 15) is 9.59 Å². The molecule has 0 aromatic heterocycles. The Hall–Kier alpha value is -1.06. The van der Waals surface area contributed by atoms with E-state index in [-0.39, 0.29) is 0 Å². The van der Waals surface area contributed by atoms with Gasteiger partial charge >= 0.3 is 11.8 Å². The SMILES string of the molecule is CCCNC(=O)C(=O)NCCC(C)C. The predicted octanol–water partition coefficient (Wildman–Crippen LogP) is 0.675. The Morgan fingerprint density at radius 1 is 1.07 bits per heavy atom. The summed E-state index contributed by atoms with van der Waals surface area (Å²) in [5.74, 6) is -0.524. The van der Waals surface area contributed by atoms with Crippen molar-refractivity contribution in [2.24, 2.45) is 5.92 Å². The van der Waals surface area contributed by atoms with Crippen LogP contribution in [0.15, 0.2) is 0 Å². The second-order valence-corrected chi connectivity index (χ2v) is 3.69. The lowest BCUT2D eigenvalue weighted by molar-refractivity contribution is -0.139. The van der Waals surface area contributed by atoms with Crippen molar-refractivity contribution in [3.63, 3.8) is 0 Å². The molecule has 0 saturated carbocycles. The average molecular weight is 200 g/mol. The number of rotatable bonds is 5. The van der Waals surface area contributed by atoms with E-state index in [1.807, 2.05) is 6.92 Å². The molecule has 4 heteroatoms. The highest BCUT2D eigenvalue weighted by atomic mass is 16.2. The average Bonchev–Trinajstić information content (AvgIpc) is 2.13. The molecule has 0 aliphatic rings. The first-order valence-corrected chi connectivity index (χ1v) is 5.14. The molecule has 2 N–H and O–H groups in total. The Morgan fingerprint density at radius 2 is 1.57 bits per heavy atom. The molecule has 0 unspecified atom stereocenters. The van der Waals surface area contributed by atoms with Gasteiger partial charge in [0.2, 0.25) is 0 Å². The summed E-state index contributed by atoms with van der Waals surface area (Å²) in [6.07, 6.45) is 1.73. The van der Waals surface area contributed by atoms with E-state index in [0.29, 0.717) is 19.0 Å². The van der Waals surface area contributed by atoms with Crippen molar-refractivity contribution in [3.8, 4) is 0 Å². The van der Waals surface area contributed by atoms with Crippen LogP contribution < -0.4 is 10.6 Å². The van der Waals surface area contributed by atoms with Crippen LogP contribution >= 0.6 is 0 Å². The quantitative estimate of drug-likeness (QED) is 0.641. The first-order valence-electron chi connectivity index (χ1n) is 5.14.